The van der Waals surface area contributed by atoms with Crippen molar-refractivity contribution >= 4 is 5.97 Å². The molecule has 0 amide bonds. The molecule has 0 saturated heterocycles. The predicted octanol–water partition coefficient (Wildman–Crippen LogP) is 8.23. The molecule has 0 unspecified atom stereocenters. The Morgan fingerprint density at radius 1 is 0.868 bits per heavy atom. The first-order chi connectivity index (χ1) is 18.4. The zero-order chi connectivity index (χ0) is 27.1. The van der Waals surface area contributed by atoms with Crippen LogP contribution in [0.1, 0.15) is 74.2 Å². The number of carbonyl (C=O) groups is 1. The van der Waals surface area contributed by atoms with Crippen LogP contribution < -0.4 is 9.47 Å². The van der Waals surface area contributed by atoms with Gasteiger partial charge in [-0.3, -0.25) is 0 Å². The average molecular weight is 527 g/mol. The van der Waals surface area contributed by atoms with E-state index in [1.807, 2.05) is 6.07 Å². The van der Waals surface area contributed by atoms with Gasteiger partial charge < -0.3 is 14.2 Å². The van der Waals surface area contributed by atoms with Crippen LogP contribution in [0.15, 0.2) is 54.6 Å². The molecule has 1 fully saturated rings. The first kappa shape index (κ1) is 27.6. The van der Waals surface area contributed by atoms with Gasteiger partial charge in [0.25, 0.3) is 0 Å². The molecular formula is C31H33F3O4. The molecule has 0 radical (unpaired) electrons. The molecule has 0 atom stereocenters. The fourth-order valence-electron chi connectivity index (χ4n) is 4.77. The molecule has 0 heterocycles. The lowest BCUT2D eigenvalue weighted by atomic mass is 9.82. The second-order valence-corrected chi connectivity index (χ2v) is 9.52. The number of halogens is 3. The van der Waals surface area contributed by atoms with Crippen molar-refractivity contribution in [2.45, 2.75) is 64.4 Å². The van der Waals surface area contributed by atoms with Crippen molar-refractivity contribution in [1.29, 1.82) is 0 Å². The van der Waals surface area contributed by atoms with Crippen LogP contribution in [0.2, 0.25) is 0 Å². The van der Waals surface area contributed by atoms with E-state index in [0.29, 0.717) is 50.2 Å². The van der Waals surface area contributed by atoms with Gasteiger partial charge in [-0.05, 0) is 86.4 Å². The van der Waals surface area contributed by atoms with Crippen LogP contribution in [0.5, 0.6) is 11.5 Å². The fraction of sp³-hybridized carbons (Fsp3) is 0.387. The van der Waals surface area contributed by atoms with Crippen LogP contribution >= 0.6 is 0 Å². The second-order valence-electron chi connectivity index (χ2n) is 9.52. The number of ether oxygens (including phenoxy) is 3. The van der Waals surface area contributed by atoms with Crippen molar-refractivity contribution in [3.05, 3.63) is 83.2 Å². The van der Waals surface area contributed by atoms with E-state index >= 15 is 0 Å². The Morgan fingerprint density at radius 2 is 1.61 bits per heavy atom. The Bertz CT molecular complexity index is 1230. The van der Waals surface area contributed by atoms with E-state index in [1.165, 1.54) is 18.2 Å². The highest BCUT2D eigenvalue weighted by Gasteiger charge is 2.28. The third-order valence-corrected chi connectivity index (χ3v) is 6.91. The lowest BCUT2D eigenvalue weighted by molar-refractivity contribution is 0.0189. The van der Waals surface area contributed by atoms with Crippen molar-refractivity contribution in [2.75, 3.05) is 13.2 Å². The maximum absolute atomic E-state index is 14.9. The van der Waals surface area contributed by atoms with Gasteiger partial charge in [-0.15, -0.1) is 0 Å². The average Bonchev–Trinajstić information content (AvgIpc) is 2.92. The third-order valence-electron chi connectivity index (χ3n) is 6.91. The monoisotopic (exact) mass is 526 g/mol. The summed E-state index contributed by atoms with van der Waals surface area (Å²) in [6, 6.07) is 14.4. The molecule has 38 heavy (non-hydrogen) atoms. The van der Waals surface area contributed by atoms with E-state index in [0.717, 1.165) is 18.4 Å². The van der Waals surface area contributed by atoms with E-state index in [2.05, 4.69) is 6.92 Å². The Hall–Kier alpha value is -3.48. The van der Waals surface area contributed by atoms with E-state index in [-0.39, 0.29) is 17.2 Å². The summed E-state index contributed by atoms with van der Waals surface area (Å²) in [6.45, 7) is 4.86. The van der Waals surface area contributed by atoms with E-state index in [4.69, 9.17) is 14.2 Å². The minimum atomic E-state index is -1.23. The molecule has 1 aliphatic rings. The summed E-state index contributed by atoms with van der Waals surface area (Å²) in [4.78, 5) is 12.7. The lowest BCUT2D eigenvalue weighted by Gasteiger charge is -2.28. The van der Waals surface area contributed by atoms with Crippen LogP contribution in [0.4, 0.5) is 13.2 Å². The zero-order valence-corrected chi connectivity index (χ0v) is 21.8. The van der Waals surface area contributed by atoms with Gasteiger partial charge in [0.05, 0.1) is 18.8 Å². The molecule has 7 heteroatoms. The van der Waals surface area contributed by atoms with Crippen LogP contribution in [-0.4, -0.2) is 25.3 Å². The summed E-state index contributed by atoms with van der Waals surface area (Å²) in [7, 11) is 0. The minimum absolute atomic E-state index is 0.0576. The maximum Gasteiger partial charge on any atom is 0.341 e. The first-order valence-electron chi connectivity index (χ1n) is 13.3. The summed E-state index contributed by atoms with van der Waals surface area (Å²) in [6.07, 6.45) is 4.04. The van der Waals surface area contributed by atoms with Crippen molar-refractivity contribution in [3.8, 4) is 22.6 Å². The molecule has 3 aromatic rings. The molecule has 0 N–H and O–H groups in total. The topological polar surface area (TPSA) is 44.8 Å². The van der Waals surface area contributed by atoms with Gasteiger partial charge in [0, 0.05) is 5.56 Å². The van der Waals surface area contributed by atoms with Crippen LogP contribution in [0, 0.1) is 17.5 Å². The summed E-state index contributed by atoms with van der Waals surface area (Å²) in [5, 5.41) is 0. The Kier molecular flexibility index (Phi) is 9.32. The number of esters is 1. The van der Waals surface area contributed by atoms with Crippen LogP contribution in [-0.2, 0) is 4.74 Å². The number of hydrogen-bond acceptors (Lipinski definition) is 4. The van der Waals surface area contributed by atoms with Crippen molar-refractivity contribution in [1.82, 2.24) is 0 Å². The van der Waals surface area contributed by atoms with E-state index < -0.39 is 35.1 Å². The van der Waals surface area contributed by atoms with Gasteiger partial charge in [-0.2, -0.15) is 0 Å². The molecule has 0 aliphatic heterocycles. The molecular weight excluding hydrogens is 493 g/mol. The lowest BCUT2D eigenvalue weighted by Crippen LogP contribution is -2.24. The van der Waals surface area contributed by atoms with Gasteiger partial charge in [-0.25, -0.2) is 18.0 Å². The maximum atomic E-state index is 14.9. The highest BCUT2D eigenvalue weighted by atomic mass is 19.2. The largest absolute Gasteiger partial charge is 0.494 e. The van der Waals surface area contributed by atoms with Crippen molar-refractivity contribution in [2.24, 2.45) is 0 Å². The number of carbonyl (C=O) groups excluding carboxylic acids is 1. The smallest absolute Gasteiger partial charge is 0.341 e. The number of rotatable bonds is 10. The van der Waals surface area contributed by atoms with Crippen LogP contribution in [0.25, 0.3) is 11.1 Å². The van der Waals surface area contributed by atoms with Gasteiger partial charge in [0.2, 0.25) is 0 Å². The SMILES string of the molecule is CCCCOc1ccc(-c2ccc(C(=O)OC3CCC(c4ccc(OCC)c(F)c4)CC3)c(F)c2F)cc1. The second kappa shape index (κ2) is 12.9. The molecule has 0 bridgehead atoms. The molecule has 1 saturated carbocycles. The highest BCUT2D eigenvalue weighted by Crippen LogP contribution is 2.36. The fourth-order valence-corrected chi connectivity index (χ4v) is 4.77. The number of hydrogen-bond donors (Lipinski definition) is 0. The molecule has 1 aliphatic carbocycles. The standard InChI is InChI=1S/C31H33F3O4/c1-3-5-18-37-23-11-8-21(9-12-23)25-15-16-26(30(34)29(25)33)31(35)38-24-13-6-20(7-14-24)22-10-17-28(36-4-2)27(32)19-22/h8-12,15-17,19-20,24H,3-7,13-14,18H2,1-2H3. The van der Waals surface area contributed by atoms with Gasteiger partial charge >= 0.3 is 5.97 Å². The van der Waals surface area contributed by atoms with Gasteiger partial charge in [0.15, 0.2) is 23.2 Å². The Balaban J connectivity index is 1.36. The highest BCUT2D eigenvalue weighted by molar-refractivity contribution is 5.90. The molecule has 4 rings (SSSR count). The van der Waals surface area contributed by atoms with Gasteiger partial charge in [0.1, 0.15) is 11.9 Å². The van der Waals surface area contributed by atoms with Crippen LogP contribution in [0.3, 0.4) is 0 Å². The predicted molar refractivity (Wildman–Crippen MR) is 140 cm³/mol. The Labute approximate surface area is 221 Å². The number of benzene rings is 3. The van der Waals surface area contributed by atoms with Gasteiger partial charge in [-0.1, -0.05) is 37.6 Å². The van der Waals surface area contributed by atoms with Crippen molar-refractivity contribution < 1.29 is 32.2 Å². The molecule has 202 valence electrons. The minimum Gasteiger partial charge on any atom is -0.494 e. The molecule has 3 aromatic carbocycles. The number of unbranched alkanes of at least 4 members (excludes halogenated alkanes) is 1. The van der Waals surface area contributed by atoms with E-state index in [1.54, 1.807) is 37.3 Å². The van der Waals surface area contributed by atoms with Crippen molar-refractivity contribution in [3.63, 3.8) is 0 Å². The normalized spacial score (nSPS) is 17.2. The summed E-state index contributed by atoms with van der Waals surface area (Å²) in [5.41, 5.74) is 0.983. The molecule has 0 spiro atoms. The Morgan fingerprint density at radius 3 is 2.26 bits per heavy atom. The molecule has 4 nitrogen and oxygen atoms in total. The quantitative estimate of drug-likeness (QED) is 0.197. The molecule has 0 aromatic heterocycles. The summed E-state index contributed by atoms with van der Waals surface area (Å²) >= 11 is 0. The van der Waals surface area contributed by atoms with E-state index in [9.17, 15) is 18.0 Å². The first-order valence-corrected chi connectivity index (χ1v) is 13.3. The zero-order valence-electron chi connectivity index (χ0n) is 21.8. The summed E-state index contributed by atoms with van der Waals surface area (Å²) < 4.78 is 60.5. The summed E-state index contributed by atoms with van der Waals surface area (Å²) in [5.74, 6) is -2.58. The third kappa shape index (κ3) is 6.50.